The SMILES string of the molecule is CCCCCCCCC1(CCCCCCCC)c2cc(C)ccc2-c2ccc3c(c21)c1ccccc1n3-c1cc(CCCCCC)c(-c2ccc(N(c3ccc(C)cc3)c3ccc(-c4ccccc4)cc3)cc2)cc1CCCCCC. The van der Waals surface area contributed by atoms with Crippen LogP contribution in [-0.4, -0.2) is 4.57 Å². The summed E-state index contributed by atoms with van der Waals surface area (Å²) < 4.78 is 2.75. The summed E-state index contributed by atoms with van der Waals surface area (Å²) in [5.74, 6) is 0. The quantitative estimate of drug-likeness (QED) is 0.0408. The Balaban J connectivity index is 1.12. The predicted octanol–water partition coefficient (Wildman–Crippen LogP) is 24.2. The van der Waals surface area contributed by atoms with Gasteiger partial charge in [0.25, 0.3) is 0 Å². The summed E-state index contributed by atoms with van der Waals surface area (Å²) in [6.45, 7) is 13.9. The normalized spacial score (nSPS) is 12.6. The Morgan fingerprint density at radius 2 is 0.864 bits per heavy atom. The second-order valence-corrected chi connectivity index (χ2v) is 24.3. The van der Waals surface area contributed by atoms with Gasteiger partial charge in [-0.2, -0.15) is 0 Å². The fourth-order valence-corrected chi connectivity index (χ4v) is 13.9. The van der Waals surface area contributed by atoms with E-state index in [0.29, 0.717) is 0 Å². The van der Waals surface area contributed by atoms with Crippen molar-refractivity contribution >= 4 is 38.9 Å². The number of para-hydroxylation sites is 1. The Labute approximate surface area is 489 Å². The van der Waals surface area contributed by atoms with Crippen LogP contribution in [-0.2, 0) is 18.3 Å². The van der Waals surface area contributed by atoms with Crippen molar-refractivity contribution in [2.45, 2.75) is 201 Å². The highest BCUT2D eigenvalue weighted by Gasteiger charge is 2.44. The monoisotopic (exact) mass is 1070 g/mol. The number of hydrogen-bond acceptors (Lipinski definition) is 1. The molecular formula is C79H94N2. The van der Waals surface area contributed by atoms with Crippen LogP contribution in [0.1, 0.15) is 202 Å². The lowest BCUT2D eigenvalue weighted by Gasteiger charge is -2.34. The molecule has 2 nitrogen and oxygen atoms in total. The van der Waals surface area contributed by atoms with E-state index < -0.39 is 0 Å². The van der Waals surface area contributed by atoms with E-state index in [4.69, 9.17) is 0 Å². The maximum Gasteiger partial charge on any atom is 0.0544 e. The average Bonchev–Trinajstić information content (AvgIpc) is 2.99. The number of fused-ring (bicyclic) bond motifs is 7. The highest BCUT2D eigenvalue weighted by molar-refractivity contribution is 6.14. The van der Waals surface area contributed by atoms with Crippen molar-refractivity contribution in [3.63, 3.8) is 0 Å². The number of rotatable bonds is 30. The van der Waals surface area contributed by atoms with Crippen LogP contribution in [0.5, 0.6) is 0 Å². The van der Waals surface area contributed by atoms with Crippen molar-refractivity contribution in [3.05, 3.63) is 203 Å². The standard InChI is InChI=1S/C79H94N2/c1-7-11-15-19-21-30-54-79(55-31-22-20-16-12-8-2)73-56-60(6)40-51-69(73)70-52-53-75-77(78(70)79)71-36-28-29-37-74(71)81(75)76-58-64(34-24-17-13-9-3)72(57-65(76)35-25-18-14-10-4)63-43-49-68(50-44-63)80(66-45-38-59(5)39-46-66)67-47-41-62(42-48-67)61-32-26-23-27-33-61/h23,26-29,32-33,36-53,56-58H,7-22,24-25,30-31,34-35,54-55H2,1-6H3. The zero-order valence-electron chi connectivity index (χ0n) is 50.5. The van der Waals surface area contributed by atoms with Crippen LogP contribution in [0.4, 0.5) is 17.1 Å². The van der Waals surface area contributed by atoms with E-state index in [0.717, 1.165) is 29.9 Å². The van der Waals surface area contributed by atoms with Crippen LogP contribution in [0.15, 0.2) is 170 Å². The van der Waals surface area contributed by atoms with Gasteiger partial charge in [-0.1, -0.05) is 264 Å². The molecule has 2 heteroatoms. The van der Waals surface area contributed by atoms with E-state index in [9.17, 15) is 0 Å². The summed E-state index contributed by atoms with van der Waals surface area (Å²) in [5.41, 5.74) is 24.5. The first kappa shape index (κ1) is 57.6. The highest BCUT2D eigenvalue weighted by atomic mass is 15.1. The van der Waals surface area contributed by atoms with Crippen LogP contribution in [0.25, 0.3) is 60.9 Å². The van der Waals surface area contributed by atoms with Gasteiger partial charge in [0, 0.05) is 38.9 Å². The Morgan fingerprint density at radius 1 is 0.370 bits per heavy atom. The van der Waals surface area contributed by atoms with Crippen LogP contribution in [0.3, 0.4) is 0 Å². The molecule has 0 aliphatic heterocycles. The molecule has 1 aromatic heterocycles. The lowest BCUT2D eigenvalue weighted by atomic mass is 9.69. The summed E-state index contributed by atoms with van der Waals surface area (Å²) in [4.78, 5) is 2.42. The number of hydrogen-bond donors (Lipinski definition) is 0. The molecule has 0 atom stereocenters. The van der Waals surface area contributed by atoms with Gasteiger partial charge < -0.3 is 9.47 Å². The Hall–Kier alpha value is -6.64. The molecule has 0 bridgehead atoms. The van der Waals surface area contributed by atoms with Gasteiger partial charge in [-0.15, -0.1) is 0 Å². The summed E-state index contributed by atoms with van der Waals surface area (Å²) in [7, 11) is 0. The van der Waals surface area contributed by atoms with Crippen LogP contribution in [0.2, 0.25) is 0 Å². The van der Waals surface area contributed by atoms with Gasteiger partial charge in [0.2, 0.25) is 0 Å². The molecule has 0 unspecified atom stereocenters. The molecule has 420 valence electrons. The van der Waals surface area contributed by atoms with Crippen molar-refractivity contribution in [1.29, 1.82) is 0 Å². The predicted molar refractivity (Wildman–Crippen MR) is 354 cm³/mol. The molecule has 8 aromatic carbocycles. The number of anilines is 3. The number of aryl methyl sites for hydroxylation is 4. The lowest BCUT2D eigenvalue weighted by molar-refractivity contribution is 0.400. The minimum atomic E-state index is -0.0231. The van der Waals surface area contributed by atoms with Crippen LogP contribution < -0.4 is 4.90 Å². The van der Waals surface area contributed by atoms with E-state index in [1.807, 2.05) is 0 Å². The first-order valence-corrected chi connectivity index (χ1v) is 32.3. The molecule has 1 aliphatic carbocycles. The number of aromatic nitrogens is 1. The number of nitrogens with zero attached hydrogens (tertiary/aromatic N) is 2. The first-order valence-electron chi connectivity index (χ1n) is 32.3. The third kappa shape index (κ3) is 12.9. The van der Waals surface area contributed by atoms with E-state index in [2.05, 4.69) is 221 Å². The van der Waals surface area contributed by atoms with Crippen LogP contribution in [0, 0.1) is 13.8 Å². The highest BCUT2D eigenvalue weighted by Crippen LogP contribution is 2.58. The minimum Gasteiger partial charge on any atom is -0.311 e. The zero-order valence-corrected chi connectivity index (χ0v) is 50.5. The molecule has 0 N–H and O–H groups in total. The fraction of sp³-hybridized carbons (Fsp3) is 0.392. The average molecular weight is 1070 g/mol. The van der Waals surface area contributed by atoms with Gasteiger partial charge in [-0.3, -0.25) is 0 Å². The van der Waals surface area contributed by atoms with Gasteiger partial charge in [0.05, 0.1) is 11.0 Å². The van der Waals surface area contributed by atoms with E-state index >= 15 is 0 Å². The molecular weight excluding hydrogens is 977 g/mol. The van der Waals surface area contributed by atoms with Crippen molar-refractivity contribution in [2.75, 3.05) is 4.90 Å². The molecule has 0 fully saturated rings. The molecule has 9 aromatic rings. The second-order valence-electron chi connectivity index (χ2n) is 24.3. The molecule has 0 saturated heterocycles. The van der Waals surface area contributed by atoms with Gasteiger partial charge in [-0.25, -0.2) is 0 Å². The lowest BCUT2D eigenvalue weighted by Crippen LogP contribution is -2.26. The largest absolute Gasteiger partial charge is 0.311 e. The summed E-state index contributed by atoms with van der Waals surface area (Å²) in [6, 6.07) is 65.8. The summed E-state index contributed by atoms with van der Waals surface area (Å²) in [6.07, 6.45) is 30.3. The summed E-state index contributed by atoms with van der Waals surface area (Å²) >= 11 is 0. The number of benzene rings is 8. The fourth-order valence-electron chi connectivity index (χ4n) is 13.9. The van der Waals surface area contributed by atoms with Gasteiger partial charge in [0.1, 0.15) is 0 Å². The van der Waals surface area contributed by atoms with Gasteiger partial charge in [0.15, 0.2) is 0 Å². The maximum absolute atomic E-state index is 2.75. The molecule has 0 spiro atoms. The smallest absolute Gasteiger partial charge is 0.0544 e. The number of unbranched alkanes of at least 4 members (excludes halogenated alkanes) is 16. The van der Waals surface area contributed by atoms with Gasteiger partial charge in [-0.05, 0) is 169 Å². The Kier molecular flexibility index (Phi) is 19.8. The maximum atomic E-state index is 2.75. The third-order valence-corrected chi connectivity index (χ3v) is 18.3. The zero-order chi connectivity index (χ0) is 56.0. The molecule has 1 aliphatic rings. The Morgan fingerprint density at radius 3 is 1.48 bits per heavy atom. The van der Waals surface area contributed by atoms with Gasteiger partial charge >= 0.3 is 0 Å². The van der Waals surface area contributed by atoms with E-state index in [1.165, 1.54) is 224 Å². The first-order chi connectivity index (χ1) is 39.9. The van der Waals surface area contributed by atoms with Crippen LogP contribution >= 0.6 is 0 Å². The molecule has 1 heterocycles. The van der Waals surface area contributed by atoms with Crippen molar-refractivity contribution in [1.82, 2.24) is 4.57 Å². The molecule has 10 rings (SSSR count). The molecule has 0 radical (unpaired) electrons. The van der Waals surface area contributed by atoms with Crippen molar-refractivity contribution in [2.24, 2.45) is 0 Å². The molecule has 81 heavy (non-hydrogen) atoms. The second kappa shape index (κ2) is 27.9. The minimum absolute atomic E-state index is 0.0231. The third-order valence-electron chi connectivity index (χ3n) is 18.3. The molecule has 0 amide bonds. The summed E-state index contributed by atoms with van der Waals surface area (Å²) in [5, 5.41) is 2.92. The van der Waals surface area contributed by atoms with Crippen molar-refractivity contribution in [3.8, 4) is 39.1 Å². The van der Waals surface area contributed by atoms with E-state index in [1.54, 1.807) is 11.1 Å². The molecule has 0 saturated carbocycles. The van der Waals surface area contributed by atoms with E-state index in [-0.39, 0.29) is 5.41 Å². The topological polar surface area (TPSA) is 8.17 Å². The Bertz CT molecular complexity index is 3410. The van der Waals surface area contributed by atoms with Crippen molar-refractivity contribution < 1.29 is 0 Å².